The highest BCUT2D eigenvalue weighted by molar-refractivity contribution is 5.96. The van der Waals surface area contributed by atoms with Gasteiger partial charge in [0.1, 0.15) is 5.75 Å². The van der Waals surface area contributed by atoms with Gasteiger partial charge in [0, 0.05) is 38.4 Å². The Labute approximate surface area is 203 Å². The summed E-state index contributed by atoms with van der Waals surface area (Å²) in [6, 6.07) is 10.8. The van der Waals surface area contributed by atoms with E-state index in [0.717, 1.165) is 19.5 Å². The van der Waals surface area contributed by atoms with E-state index in [9.17, 15) is 9.59 Å². The van der Waals surface area contributed by atoms with Crippen LogP contribution in [0.3, 0.4) is 0 Å². The maximum Gasteiger partial charge on any atom is 0.273 e. The Morgan fingerprint density at radius 3 is 2.49 bits per heavy atom. The van der Waals surface area contributed by atoms with Crippen molar-refractivity contribution in [3.05, 3.63) is 58.8 Å². The molecule has 11 heteroatoms. The first-order valence-corrected chi connectivity index (χ1v) is 11.0. The quantitative estimate of drug-likeness (QED) is 0.468. The summed E-state index contributed by atoms with van der Waals surface area (Å²) in [6.07, 6.45) is 0.920. The first-order chi connectivity index (χ1) is 16.7. The second-order valence-electron chi connectivity index (χ2n) is 8.53. The van der Waals surface area contributed by atoms with Gasteiger partial charge in [-0.1, -0.05) is 0 Å². The number of ether oxygens (including phenoxy) is 1. The van der Waals surface area contributed by atoms with Crippen LogP contribution in [0.15, 0.2) is 36.4 Å². The smallest absolute Gasteiger partial charge is 0.273 e. The molecule has 0 saturated carbocycles. The van der Waals surface area contributed by atoms with Gasteiger partial charge >= 0.3 is 0 Å². The van der Waals surface area contributed by atoms with E-state index < -0.39 is 5.91 Å². The third-order valence-corrected chi connectivity index (χ3v) is 5.69. The van der Waals surface area contributed by atoms with Crippen molar-refractivity contribution in [3.63, 3.8) is 0 Å². The van der Waals surface area contributed by atoms with Gasteiger partial charge in [-0.05, 0) is 61.0 Å². The van der Waals surface area contributed by atoms with Crippen LogP contribution in [0.1, 0.15) is 32.0 Å². The van der Waals surface area contributed by atoms with Crippen molar-refractivity contribution in [1.82, 2.24) is 25.0 Å². The number of hydrogen-bond donors (Lipinski definition) is 3. The Balaban J connectivity index is 1.62. The van der Waals surface area contributed by atoms with Gasteiger partial charge in [-0.2, -0.15) is 4.98 Å². The van der Waals surface area contributed by atoms with Crippen molar-refractivity contribution < 1.29 is 14.3 Å². The molecular formula is C24H28N8O3. The summed E-state index contributed by atoms with van der Waals surface area (Å²) in [5, 5.41) is 14.2. The molecule has 1 aliphatic heterocycles. The SMILES string of the molecule is COc1cc2c(cc1Nc1nnc(C(N)=O)c(Nc3ccc(C(=O)N(C)C)cc3)n1)CCN(C)C2. The third-order valence-electron chi connectivity index (χ3n) is 5.69. The van der Waals surface area contributed by atoms with Gasteiger partial charge in [0.05, 0.1) is 12.8 Å². The number of aromatic nitrogens is 3. The number of rotatable bonds is 7. The number of primary amides is 1. The molecule has 0 atom stereocenters. The molecule has 1 aliphatic rings. The van der Waals surface area contributed by atoms with Crippen LogP contribution in [0.2, 0.25) is 0 Å². The lowest BCUT2D eigenvalue weighted by atomic mass is 9.99. The molecule has 4 N–H and O–H groups in total. The molecule has 0 unspecified atom stereocenters. The first kappa shape index (κ1) is 23.9. The number of nitrogens with one attached hydrogen (secondary N) is 2. The van der Waals surface area contributed by atoms with Crippen LogP contribution in [-0.2, 0) is 13.0 Å². The number of anilines is 4. The fraction of sp³-hybridized carbons (Fsp3) is 0.292. The number of benzene rings is 2. The Hall–Kier alpha value is -4.25. The molecule has 0 radical (unpaired) electrons. The standard InChI is InChI=1S/C24H28N8O3/c1-31(2)23(34)14-5-7-17(8-6-14)26-22-20(21(25)33)29-30-24(28-22)27-18-11-15-9-10-32(3)13-16(15)12-19(18)35-4/h5-8,11-12H,9-10,13H2,1-4H3,(H2,25,33)(H2,26,27,28,30). The molecule has 0 bridgehead atoms. The molecule has 2 amide bonds. The van der Waals surface area contributed by atoms with Crippen LogP contribution >= 0.6 is 0 Å². The molecule has 0 aliphatic carbocycles. The minimum Gasteiger partial charge on any atom is -0.495 e. The van der Waals surface area contributed by atoms with Crippen molar-refractivity contribution in [2.75, 3.05) is 45.4 Å². The van der Waals surface area contributed by atoms with E-state index in [-0.39, 0.29) is 23.4 Å². The first-order valence-electron chi connectivity index (χ1n) is 11.0. The average Bonchev–Trinajstić information content (AvgIpc) is 2.83. The predicted molar refractivity (Wildman–Crippen MR) is 132 cm³/mol. The molecule has 0 spiro atoms. The summed E-state index contributed by atoms with van der Waals surface area (Å²) in [5.41, 5.74) is 9.64. The number of nitrogens with two attached hydrogens (primary N) is 1. The molecule has 3 aromatic rings. The van der Waals surface area contributed by atoms with E-state index in [0.29, 0.717) is 22.7 Å². The van der Waals surface area contributed by atoms with Crippen LogP contribution in [0.4, 0.5) is 23.1 Å². The number of likely N-dealkylation sites (N-methyl/N-ethyl adjacent to an activating group) is 1. The zero-order valence-corrected chi connectivity index (χ0v) is 20.1. The van der Waals surface area contributed by atoms with E-state index >= 15 is 0 Å². The van der Waals surface area contributed by atoms with E-state index in [2.05, 4.69) is 37.8 Å². The van der Waals surface area contributed by atoms with Gasteiger partial charge < -0.3 is 30.9 Å². The fourth-order valence-corrected chi connectivity index (χ4v) is 3.84. The number of methoxy groups -OCH3 is 1. The molecule has 4 rings (SSSR count). The van der Waals surface area contributed by atoms with Gasteiger partial charge in [0.15, 0.2) is 11.5 Å². The summed E-state index contributed by atoms with van der Waals surface area (Å²) in [6.45, 7) is 1.82. The van der Waals surface area contributed by atoms with Gasteiger partial charge in [-0.15, -0.1) is 10.2 Å². The highest BCUT2D eigenvalue weighted by atomic mass is 16.5. The highest BCUT2D eigenvalue weighted by Gasteiger charge is 2.19. The monoisotopic (exact) mass is 476 g/mol. The molecule has 35 heavy (non-hydrogen) atoms. The number of amides is 2. The van der Waals surface area contributed by atoms with Gasteiger partial charge in [-0.3, -0.25) is 9.59 Å². The average molecular weight is 477 g/mol. The van der Waals surface area contributed by atoms with Crippen LogP contribution < -0.4 is 21.1 Å². The molecule has 1 aromatic heterocycles. The lowest BCUT2D eigenvalue weighted by Gasteiger charge is -2.26. The lowest BCUT2D eigenvalue weighted by molar-refractivity contribution is 0.0827. The maximum absolute atomic E-state index is 12.1. The molecule has 182 valence electrons. The van der Waals surface area contributed by atoms with E-state index in [1.807, 2.05) is 12.1 Å². The van der Waals surface area contributed by atoms with Gasteiger partial charge in [0.2, 0.25) is 5.95 Å². The summed E-state index contributed by atoms with van der Waals surface area (Å²) in [7, 11) is 7.06. The summed E-state index contributed by atoms with van der Waals surface area (Å²) >= 11 is 0. The highest BCUT2D eigenvalue weighted by Crippen LogP contribution is 2.33. The number of carbonyl (C=O) groups is 2. The minimum absolute atomic E-state index is 0.107. The Bertz CT molecular complexity index is 1260. The number of fused-ring (bicyclic) bond motifs is 1. The molecule has 11 nitrogen and oxygen atoms in total. The van der Waals surface area contributed by atoms with Gasteiger partial charge in [0.25, 0.3) is 11.8 Å². The Morgan fingerprint density at radius 2 is 1.83 bits per heavy atom. The molecule has 2 heterocycles. The summed E-state index contributed by atoms with van der Waals surface area (Å²) in [5.74, 6) is 0.0738. The minimum atomic E-state index is -0.770. The third kappa shape index (κ3) is 5.30. The second-order valence-corrected chi connectivity index (χ2v) is 8.53. The van der Waals surface area contributed by atoms with Crippen molar-refractivity contribution in [3.8, 4) is 5.75 Å². The largest absolute Gasteiger partial charge is 0.495 e. The summed E-state index contributed by atoms with van der Waals surface area (Å²) in [4.78, 5) is 32.2. The van der Waals surface area contributed by atoms with Crippen LogP contribution in [-0.4, -0.2) is 71.6 Å². The van der Waals surface area contributed by atoms with Crippen molar-refractivity contribution in [2.24, 2.45) is 5.73 Å². The Kier molecular flexibility index (Phi) is 6.78. The van der Waals surface area contributed by atoms with Crippen molar-refractivity contribution >= 4 is 35.0 Å². The topological polar surface area (TPSA) is 139 Å². The molecular weight excluding hydrogens is 448 g/mol. The molecule has 2 aromatic carbocycles. The fourth-order valence-electron chi connectivity index (χ4n) is 3.84. The normalized spacial score (nSPS) is 13.0. The van der Waals surface area contributed by atoms with E-state index in [4.69, 9.17) is 10.5 Å². The Morgan fingerprint density at radius 1 is 1.09 bits per heavy atom. The van der Waals surface area contributed by atoms with Crippen molar-refractivity contribution in [1.29, 1.82) is 0 Å². The number of carbonyl (C=O) groups excluding carboxylic acids is 2. The number of nitrogens with zero attached hydrogens (tertiary/aromatic N) is 5. The van der Waals surface area contributed by atoms with Crippen molar-refractivity contribution in [2.45, 2.75) is 13.0 Å². The van der Waals surface area contributed by atoms with Crippen LogP contribution in [0.5, 0.6) is 5.75 Å². The van der Waals surface area contributed by atoms with E-state index in [1.165, 1.54) is 16.0 Å². The molecule has 0 saturated heterocycles. The molecule has 0 fully saturated rings. The zero-order chi connectivity index (χ0) is 25.1. The maximum atomic E-state index is 12.1. The van der Waals surface area contributed by atoms with Crippen LogP contribution in [0, 0.1) is 0 Å². The number of hydrogen-bond acceptors (Lipinski definition) is 9. The second kappa shape index (κ2) is 9.94. The summed E-state index contributed by atoms with van der Waals surface area (Å²) < 4.78 is 5.58. The van der Waals surface area contributed by atoms with Gasteiger partial charge in [-0.25, -0.2) is 0 Å². The van der Waals surface area contributed by atoms with Crippen LogP contribution in [0.25, 0.3) is 0 Å². The lowest BCUT2D eigenvalue weighted by Crippen LogP contribution is -2.26. The van der Waals surface area contributed by atoms with E-state index in [1.54, 1.807) is 45.5 Å². The zero-order valence-electron chi connectivity index (χ0n) is 20.1. The predicted octanol–water partition coefficient (Wildman–Crippen LogP) is 2.16.